The third-order valence-electron chi connectivity index (χ3n) is 3.60. The maximum Gasteiger partial charge on any atom is 0.304 e. The lowest BCUT2D eigenvalue weighted by Crippen LogP contribution is -2.21. The van der Waals surface area contributed by atoms with Crippen LogP contribution in [0.1, 0.15) is 6.92 Å². The number of aromatic nitrogens is 1. The van der Waals surface area contributed by atoms with Gasteiger partial charge in [0.25, 0.3) is 5.69 Å². The summed E-state index contributed by atoms with van der Waals surface area (Å²) in [5.41, 5.74) is 0.215. The number of aromatic hydroxyl groups is 1. The molecule has 0 spiro atoms. The van der Waals surface area contributed by atoms with Crippen LogP contribution in [0.15, 0.2) is 58.8 Å². The van der Waals surface area contributed by atoms with E-state index in [9.17, 15) is 20.0 Å². The minimum atomic E-state index is -0.886. The number of amides is 1. The Morgan fingerprint density at radius 2 is 2.00 bits per heavy atom. The zero-order valence-electron chi connectivity index (χ0n) is 13.6. The number of carbonyl (C=O) groups excluding carboxylic acids is 1. The van der Waals surface area contributed by atoms with Crippen molar-refractivity contribution in [2.75, 3.05) is 0 Å². The fourth-order valence-corrected chi connectivity index (χ4v) is 2.30. The number of fused-ring (bicyclic) bond motifs is 1. The minimum Gasteiger partial charge on any atom is -0.493 e. The van der Waals surface area contributed by atoms with E-state index in [0.29, 0.717) is 11.3 Å². The molecule has 0 aliphatic heterocycles. The average molecular weight is 354 g/mol. The molecule has 0 aliphatic carbocycles. The molecule has 9 heteroatoms. The Hall–Kier alpha value is -3.75. The first kappa shape index (κ1) is 17.1. The fraction of sp³-hybridized carbons (Fsp3) is 0.118. The van der Waals surface area contributed by atoms with Gasteiger partial charge in [-0.05, 0) is 25.1 Å². The Kier molecular flexibility index (Phi) is 4.61. The number of azo groups is 1. The van der Waals surface area contributed by atoms with Gasteiger partial charge in [-0.1, -0.05) is 18.2 Å². The summed E-state index contributed by atoms with van der Waals surface area (Å²) < 4.78 is 5.45. The van der Waals surface area contributed by atoms with Gasteiger partial charge in [0.05, 0.1) is 10.4 Å². The van der Waals surface area contributed by atoms with Crippen LogP contribution in [0.5, 0.6) is 11.6 Å². The number of H-pyrrole nitrogens is 1. The van der Waals surface area contributed by atoms with Gasteiger partial charge in [-0.2, -0.15) is 0 Å². The number of benzene rings is 2. The highest BCUT2D eigenvalue weighted by Crippen LogP contribution is 2.37. The average Bonchev–Trinajstić information content (AvgIpc) is 2.94. The molecule has 2 aromatic carbocycles. The van der Waals surface area contributed by atoms with E-state index in [2.05, 4.69) is 15.2 Å². The topological polar surface area (TPSA) is 130 Å². The van der Waals surface area contributed by atoms with E-state index in [0.717, 1.165) is 0 Å². The number of nitrogens with zero attached hydrogens (tertiary/aromatic N) is 3. The van der Waals surface area contributed by atoms with Crippen molar-refractivity contribution in [2.24, 2.45) is 10.2 Å². The monoisotopic (exact) mass is 354 g/mol. The van der Waals surface area contributed by atoms with E-state index in [1.54, 1.807) is 24.3 Å². The number of nitro benzene ring substituents is 1. The van der Waals surface area contributed by atoms with Crippen LogP contribution in [0.4, 0.5) is 11.4 Å². The van der Waals surface area contributed by atoms with Gasteiger partial charge in [0.2, 0.25) is 5.88 Å². The fourth-order valence-electron chi connectivity index (χ4n) is 2.30. The summed E-state index contributed by atoms with van der Waals surface area (Å²) in [4.78, 5) is 25.0. The molecule has 0 aliphatic rings. The number of para-hydroxylation sites is 1. The van der Waals surface area contributed by atoms with Crippen LogP contribution in [-0.2, 0) is 4.79 Å². The highest BCUT2D eigenvalue weighted by molar-refractivity contribution is 5.95. The maximum atomic E-state index is 12.1. The highest BCUT2D eigenvalue weighted by atomic mass is 16.6. The first-order valence-corrected chi connectivity index (χ1v) is 7.62. The third kappa shape index (κ3) is 3.51. The predicted molar refractivity (Wildman–Crippen MR) is 92.7 cm³/mol. The Morgan fingerprint density at radius 3 is 2.69 bits per heavy atom. The van der Waals surface area contributed by atoms with Crippen molar-refractivity contribution in [1.82, 2.24) is 4.98 Å². The van der Waals surface area contributed by atoms with Crippen LogP contribution in [0, 0.1) is 10.1 Å². The molecule has 0 saturated carbocycles. The Labute approximate surface area is 147 Å². The Bertz CT molecular complexity index is 997. The second kappa shape index (κ2) is 7.01. The van der Waals surface area contributed by atoms with E-state index < -0.39 is 16.9 Å². The maximum absolute atomic E-state index is 12.1. The van der Waals surface area contributed by atoms with Crippen molar-refractivity contribution in [3.8, 4) is 11.6 Å². The van der Waals surface area contributed by atoms with E-state index in [4.69, 9.17) is 4.74 Å². The molecule has 1 amide bonds. The Balaban J connectivity index is 1.83. The molecule has 9 nitrogen and oxygen atoms in total. The van der Waals surface area contributed by atoms with Gasteiger partial charge in [-0.15, -0.1) is 10.2 Å². The number of nitrogens with one attached hydrogen (secondary N) is 1. The second-order valence-corrected chi connectivity index (χ2v) is 5.42. The summed E-state index contributed by atoms with van der Waals surface area (Å²) in [5.74, 6) is -0.490. The smallest absolute Gasteiger partial charge is 0.304 e. The molecule has 0 radical (unpaired) electrons. The van der Waals surface area contributed by atoms with Gasteiger partial charge < -0.3 is 14.8 Å². The lowest BCUT2D eigenvalue weighted by Gasteiger charge is -2.10. The van der Waals surface area contributed by atoms with Gasteiger partial charge in [0.1, 0.15) is 5.75 Å². The molecule has 26 heavy (non-hydrogen) atoms. The van der Waals surface area contributed by atoms with Gasteiger partial charge in [0.15, 0.2) is 11.8 Å². The van der Waals surface area contributed by atoms with Crippen LogP contribution in [-0.4, -0.2) is 27.0 Å². The molecule has 0 bridgehead atoms. The molecular formula is C17H14N4O5. The lowest BCUT2D eigenvalue weighted by molar-refractivity contribution is -0.384. The largest absolute Gasteiger partial charge is 0.493 e. The number of nitro groups is 1. The molecule has 1 atom stereocenters. The summed E-state index contributed by atoms with van der Waals surface area (Å²) in [7, 11) is 0. The van der Waals surface area contributed by atoms with E-state index in [1.165, 1.54) is 25.1 Å². The molecule has 2 N–H and O–H groups in total. The summed E-state index contributed by atoms with van der Waals surface area (Å²) in [5, 5.41) is 28.4. The lowest BCUT2D eigenvalue weighted by atomic mass is 10.2. The zero-order valence-corrected chi connectivity index (χ0v) is 13.6. The normalized spacial score (nSPS) is 12.3. The summed E-state index contributed by atoms with van der Waals surface area (Å²) in [6, 6.07) is 12.7. The molecule has 1 heterocycles. The summed E-state index contributed by atoms with van der Waals surface area (Å²) >= 11 is 0. The third-order valence-corrected chi connectivity index (χ3v) is 3.60. The number of rotatable bonds is 5. The number of aromatic amines is 1. The molecule has 0 fully saturated rings. The van der Waals surface area contributed by atoms with Crippen LogP contribution in [0.2, 0.25) is 0 Å². The number of ether oxygens (including phenoxy) is 1. The predicted octanol–water partition coefficient (Wildman–Crippen LogP) is 3.86. The van der Waals surface area contributed by atoms with Gasteiger partial charge >= 0.3 is 5.91 Å². The first-order valence-electron chi connectivity index (χ1n) is 7.62. The molecule has 0 saturated heterocycles. The molecular weight excluding hydrogens is 340 g/mol. The van der Waals surface area contributed by atoms with Crippen LogP contribution in [0.3, 0.4) is 0 Å². The SMILES string of the molecule is CC(Oc1ccccc1)C(=O)N=Nc1c(O)[nH]c2ccc([N+](=O)[O-])cc12. The van der Waals surface area contributed by atoms with Crippen molar-refractivity contribution in [1.29, 1.82) is 0 Å². The van der Waals surface area contributed by atoms with Crippen LogP contribution >= 0.6 is 0 Å². The standard InChI is InChI=1S/C17H14N4O5/c1-10(26-12-5-3-2-4-6-12)16(22)20-19-15-13-9-11(21(24)25)7-8-14(13)18-17(15)23/h2-10,18,23H,1H3. The molecule has 3 rings (SSSR count). The minimum absolute atomic E-state index is 0.0519. The van der Waals surface area contributed by atoms with Crippen molar-refractivity contribution >= 4 is 28.2 Å². The van der Waals surface area contributed by atoms with Crippen molar-refractivity contribution in [2.45, 2.75) is 13.0 Å². The van der Waals surface area contributed by atoms with Crippen molar-refractivity contribution in [3.63, 3.8) is 0 Å². The van der Waals surface area contributed by atoms with Gasteiger partial charge in [0, 0.05) is 17.5 Å². The van der Waals surface area contributed by atoms with Crippen LogP contribution in [0.25, 0.3) is 10.9 Å². The van der Waals surface area contributed by atoms with E-state index in [-0.39, 0.29) is 22.6 Å². The van der Waals surface area contributed by atoms with Crippen molar-refractivity contribution in [3.05, 3.63) is 58.6 Å². The summed E-state index contributed by atoms with van der Waals surface area (Å²) in [6.45, 7) is 1.52. The van der Waals surface area contributed by atoms with Crippen LogP contribution < -0.4 is 4.74 Å². The number of hydrogen-bond acceptors (Lipinski definition) is 6. The quantitative estimate of drug-likeness (QED) is 0.408. The van der Waals surface area contributed by atoms with E-state index in [1.807, 2.05) is 6.07 Å². The Morgan fingerprint density at radius 1 is 1.27 bits per heavy atom. The molecule has 1 aromatic heterocycles. The number of hydrogen-bond donors (Lipinski definition) is 2. The zero-order chi connectivity index (χ0) is 18.7. The van der Waals surface area contributed by atoms with Crippen molar-refractivity contribution < 1.29 is 19.6 Å². The molecule has 132 valence electrons. The molecule has 1 unspecified atom stereocenters. The first-order chi connectivity index (χ1) is 12.5. The van der Waals surface area contributed by atoms with Gasteiger partial charge in [-0.3, -0.25) is 14.9 Å². The molecule has 3 aromatic rings. The number of carbonyl (C=O) groups is 1. The van der Waals surface area contributed by atoms with E-state index >= 15 is 0 Å². The highest BCUT2D eigenvalue weighted by Gasteiger charge is 2.17. The van der Waals surface area contributed by atoms with Gasteiger partial charge in [-0.25, -0.2) is 0 Å². The number of non-ortho nitro benzene ring substituents is 1. The summed E-state index contributed by atoms with van der Waals surface area (Å²) in [6.07, 6.45) is -0.886. The second-order valence-electron chi connectivity index (χ2n) is 5.42.